The molecule has 0 amide bonds. The average Bonchev–Trinajstić information content (AvgIpc) is 2.80. The molecule has 84 valence electrons. The second kappa shape index (κ2) is 4.14. The molecule has 1 aromatic carbocycles. The van der Waals surface area contributed by atoms with Crippen LogP contribution in [0.2, 0.25) is 0 Å². The molecule has 2 aromatic rings. The zero-order chi connectivity index (χ0) is 10.8. The Morgan fingerprint density at radius 1 is 1.38 bits per heavy atom. The van der Waals surface area contributed by atoms with Crippen LogP contribution in [0, 0.1) is 0 Å². The van der Waals surface area contributed by atoms with Gasteiger partial charge in [0.2, 0.25) is 0 Å². The first-order chi connectivity index (χ1) is 7.93. The van der Waals surface area contributed by atoms with E-state index in [1.807, 2.05) is 18.2 Å². The number of ether oxygens (including phenoxy) is 1. The van der Waals surface area contributed by atoms with Crippen molar-refractivity contribution in [2.45, 2.75) is 18.9 Å². The number of para-hydroxylation sites is 1. The molecule has 3 rings (SSSR count). The highest BCUT2D eigenvalue weighted by molar-refractivity contribution is 5.81. The van der Waals surface area contributed by atoms with Crippen molar-refractivity contribution in [1.82, 2.24) is 15.3 Å². The zero-order valence-electron chi connectivity index (χ0n) is 9.07. The molecule has 2 heterocycles. The Hall–Kier alpha value is -1.55. The summed E-state index contributed by atoms with van der Waals surface area (Å²) in [5, 5.41) is 3.34. The Kier molecular flexibility index (Phi) is 2.50. The van der Waals surface area contributed by atoms with Crippen molar-refractivity contribution in [3.8, 4) is 5.75 Å². The number of nitrogens with zero attached hydrogens (tertiary/aromatic N) is 1. The summed E-state index contributed by atoms with van der Waals surface area (Å²) in [6.07, 6.45) is 4.28. The fourth-order valence-corrected chi connectivity index (χ4v) is 2.13. The van der Waals surface area contributed by atoms with Gasteiger partial charge in [-0.25, -0.2) is 4.98 Å². The third kappa shape index (κ3) is 1.76. The third-order valence-electron chi connectivity index (χ3n) is 2.96. The number of nitrogens with one attached hydrogen (secondary N) is 2. The average molecular weight is 217 g/mol. The lowest BCUT2D eigenvalue weighted by Crippen LogP contribution is -2.37. The minimum Gasteiger partial charge on any atom is -0.487 e. The molecule has 4 nitrogen and oxygen atoms in total. The van der Waals surface area contributed by atoms with Gasteiger partial charge in [-0.2, -0.15) is 0 Å². The Morgan fingerprint density at radius 2 is 2.38 bits per heavy atom. The molecule has 1 fully saturated rings. The summed E-state index contributed by atoms with van der Waals surface area (Å²) in [4.78, 5) is 7.37. The highest BCUT2D eigenvalue weighted by Gasteiger charge is 2.15. The maximum atomic E-state index is 5.98. The van der Waals surface area contributed by atoms with Gasteiger partial charge in [0.05, 0.1) is 11.8 Å². The van der Waals surface area contributed by atoms with Crippen LogP contribution in [0.25, 0.3) is 11.0 Å². The molecule has 1 atom stereocenters. The molecular weight excluding hydrogens is 202 g/mol. The van der Waals surface area contributed by atoms with Gasteiger partial charge < -0.3 is 15.0 Å². The highest BCUT2D eigenvalue weighted by Crippen LogP contribution is 2.24. The van der Waals surface area contributed by atoms with Crippen LogP contribution in [0.15, 0.2) is 24.5 Å². The van der Waals surface area contributed by atoms with Crippen molar-refractivity contribution < 1.29 is 4.74 Å². The number of H-pyrrole nitrogens is 1. The molecule has 1 saturated heterocycles. The number of hydrogen-bond donors (Lipinski definition) is 2. The van der Waals surface area contributed by atoms with Gasteiger partial charge in [-0.1, -0.05) is 6.07 Å². The van der Waals surface area contributed by atoms with Crippen molar-refractivity contribution in [3.63, 3.8) is 0 Å². The summed E-state index contributed by atoms with van der Waals surface area (Å²) in [6, 6.07) is 5.98. The fourth-order valence-electron chi connectivity index (χ4n) is 2.13. The first-order valence-corrected chi connectivity index (χ1v) is 5.73. The lowest BCUT2D eigenvalue weighted by atomic mass is 10.1. The molecule has 2 N–H and O–H groups in total. The molecule has 1 aliphatic rings. The Morgan fingerprint density at radius 3 is 3.25 bits per heavy atom. The van der Waals surface area contributed by atoms with Crippen molar-refractivity contribution in [1.29, 1.82) is 0 Å². The van der Waals surface area contributed by atoms with Gasteiger partial charge in [-0.15, -0.1) is 0 Å². The number of aromatic nitrogens is 2. The summed E-state index contributed by atoms with van der Waals surface area (Å²) in [7, 11) is 0. The van der Waals surface area contributed by atoms with Gasteiger partial charge in [-0.05, 0) is 31.5 Å². The number of piperidine rings is 1. The van der Waals surface area contributed by atoms with Gasteiger partial charge in [-0.3, -0.25) is 0 Å². The van der Waals surface area contributed by atoms with Crippen molar-refractivity contribution in [2.75, 3.05) is 13.1 Å². The van der Waals surface area contributed by atoms with Gasteiger partial charge >= 0.3 is 0 Å². The molecule has 16 heavy (non-hydrogen) atoms. The van der Waals surface area contributed by atoms with Crippen molar-refractivity contribution >= 4 is 11.0 Å². The highest BCUT2D eigenvalue weighted by atomic mass is 16.5. The Bertz CT molecular complexity index is 474. The molecule has 1 unspecified atom stereocenters. The molecule has 0 aliphatic carbocycles. The molecule has 1 aromatic heterocycles. The minimum atomic E-state index is 0.274. The molecule has 1 aliphatic heterocycles. The molecular formula is C12H15N3O. The van der Waals surface area contributed by atoms with Gasteiger partial charge in [0, 0.05) is 6.54 Å². The number of fused-ring (bicyclic) bond motifs is 1. The Labute approximate surface area is 94.0 Å². The van der Waals surface area contributed by atoms with E-state index in [4.69, 9.17) is 4.74 Å². The predicted octanol–water partition coefficient (Wildman–Crippen LogP) is 1.69. The first-order valence-electron chi connectivity index (χ1n) is 5.73. The quantitative estimate of drug-likeness (QED) is 0.805. The summed E-state index contributed by atoms with van der Waals surface area (Å²) >= 11 is 0. The molecule has 0 spiro atoms. The molecule has 0 bridgehead atoms. The van der Waals surface area contributed by atoms with Crippen LogP contribution in [-0.2, 0) is 0 Å². The Balaban J connectivity index is 1.85. The topological polar surface area (TPSA) is 49.9 Å². The van der Waals surface area contributed by atoms with Crippen LogP contribution in [0.4, 0.5) is 0 Å². The summed E-state index contributed by atoms with van der Waals surface area (Å²) in [5.41, 5.74) is 1.95. The van der Waals surface area contributed by atoms with E-state index in [1.54, 1.807) is 6.33 Å². The van der Waals surface area contributed by atoms with Crippen molar-refractivity contribution in [2.24, 2.45) is 0 Å². The van der Waals surface area contributed by atoms with E-state index >= 15 is 0 Å². The largest absolute Gasteiger partial charge is 0.487 e. The number of aromatic amines is 1. The van der Waals surface area contributed by atoms with E-state index in [-0.39, 0.29) is 6.10 Å². The number of imidazole rings is 1. The van der Waals surface area contributed by atoms with Crippen LogP contribution in [0.5, 0.6) is 5.75 Å². The zero-order valence-corrected chi connectivity index (χ0v) is 9.07. The SMILES string of the molecule is c1cc(OC2CCCNC2)c2nc[nH]c2c1. The predicted molar refractivity (Wildman–Crippen MR) is 62.6 cm³/mol. The first kappa shape index (κ1) is 9.66. The standard InChI is InChI=1S/C12H15N3O/c1-4-10-12(15-8-14-10)11(5-1)16-9-3-2-6-13-7-9/h1,4-5,8-9,13H,2-3,6-7H2,(H,14,15). The second-order valence-electron chi connectivity index (χ2n) is 4.14. The normalized spacial score (nSPS) is 21.1. The van der Waals surface area contributed by atoms with E-state index in [9.17, 15) is 0 Å². The second-order valence-corrected chi connectivity index (χ2v) is 4.14. The lowest BCUT2D eigenvalue weighted by molar-refractivity contribution is 0.169. The molecule has 0 radical (unpaired) electrons. The third-order valence-corrected chi connectivity index (χ3v) is 2.96. The van der Waals surface area contributed by atoms with Gasteiger partial charge in [0.25, 0.3) is 0 Å². The van der Waals surface area contributed by atoms with Crippen LogP contribution < -0.4 is 10.1 Å². The van der Waals surface area contributed by atoms with E-state index < -0.39 is 0 Å². The summed E-state index contributed by atoms with van der Waals surface area (Å²) in [6.45, 7) is 2.03. The summed E-state index contributed by atoms with van der Waals surface area (Å²) < 4.78 is 5.98. The minimum absolute atomic E-state index is 0.274. The fraction of sp³-hybridized carbons (Fsp3) is 0.417. The van der Waals surface area contributed by atoms with Gasteiger partial charge in [0.15, 0.2) is 0 Å². The van der Waals surface area contributed by atoms with E-state index in [1.165, 1.54) is 6.42 Å². The number of hydrogen-bond acceptors (Lipinski definition) is 3. The van der Waals surface area contributed by atoms with Crippen molar-refractivity contribution in [3.05, 3.63) is 24.5 Å². The number of benzene rings is 1. The van der Waals surface area contributed by atoms with Crippen LogP contribution >= 0.6 is 0 Å². The van der Waals surface area contributed by atoms with Crippen LogP contribution in [-0.4, -0.2) is 29.2 Å². The van der Waals surface area contributed by atoms with E-state index in [0.717, 1.165) is 36.3 Å². The monoisotopic (exact) mass is 217 g/mol. The van der Waals surface area contributed by atoms with Crippen LogP contribution in [0.1, 0.15) is 12.8 Å². The summed E-state index contributed by atoms with van der Waals surface area (Å²) in [5.74, 6) is 0.882. The smallest absolute Gasteiger partial charge is 0.147 e. The van der Waals surface area contributed by atoms with Crippen LogP contribution in [0.3, 0.4) is 0 Å². The molecule has 4 heteroatoms. The molecule has 0 saturated carbocycles. The van der Waals surface area contributed by atoms with Gasteiger partial charge in [0.1, 0.15) is 17.4 Å². The lowest BCUT2D eigenvalue weighted by Gasteiger charge is -2.23. The maximum absolute atomic E-state index is 5.98. The number of rotatable bonds is 2. The maximum Gasteiger partial charge on any atom is 0.147 e. The van der Waals surface area contributed by atoms with E-state index in [2.05, 4.69) is 15.3 Å². The van der Waals surface area contributed by atoms with E-state index in [0.29, 0.717) is 0 Å².